The summed E-state index contributed by atoms with van der Waals surface area (Å²) < 4.78 is 1.82. The third kappa shape index (κ3) is 3.77. The van der Waals surface area contributed by atoms with Crippen molar-refractivity contribution in [1.82, 2.24) is 0 Å². The summed E-state index contributed by atoms with van der Waals surface area (Å²) in [6.45, 7) is 0. The van der Waals surface area contributed by atoms with E-state index in [-0.39, 0.29) is 5.91 Å². The highest BCUT2D eigenvalue weighted by Crippen LogP contribution is 2.24. The maximum Gasteiger partial charge on any atom is 0.255 e. The van der Waals surface area contributed by atoms with Crippen molar-refractivity contribution in [3.05, 3.63) is 61.6 Å². The van der Waals surface area contributed by atoms with E-state index in [1.165, 1.54) is 0 Å². The monoisotopic (exact) mass is 460 g/mol. The van der Waals surface area contributed by atoms with Crippen LogP contribution in [0, 0.1) is 3.57 Å². The minimum absolute atomic E-state index is 0.162. The second-order valence-corrected chi connectivity index (χ2v) is 6.56. The maximum atomic E-state index is 12.1. The average molecular weight is 461 g/mol. The van der Waals surface area contributed by atoms with Crippen LogP contribution < -0.4 is 11.1 Å². The van der Waals surface area contributed by atoms with E-state index < -0.39 is 0 Å². The molecule has 2 aromatic rings. The SMILES string of the molecule is NC(=S)c1ccc(NC(=O)c2ccc(I)cc2)c(Br)c1. The number of hydrogen-bond acceptors (Lipinski definition) is 2. The van der Waals surface area contributed by atoms with Gasteiger partial charge >= 0.3 is 0 Å². The first-order valence-electron chi connectivity index (χ1n) is 5.63. The van der Waals surface area contributed by atoms with Crippen LogP contribution in [-0.2, 0) is 0 Å². The molecule has 0 bridgehead atoms. The van der Waals surface area contributed by atoms with Gasteiger partial charge in [-0.1, -0.05) is 12.2 Å². The molecule has 0 atom stereocenters. The maximum absolute atomic E-state index is 12.1. The van der Waals surface area contributed by atoms with Crippen molar-refractivity contribution < 1.29 is 4.79 Å². The molecule has 0 heterocycles. The minimum atomic E-state index is -0.162. The van der Waals surface area contributed by atoms with Gasteiger partial charge < -0.3 is 11.1 Å². The first-order chi connectivity index (χ1) is 9.47. The minimum Gasteiger partial charge on any atom is -0.389 e. The van der Waals surface area contributed by atoms with Gasteiger partial charge in [0.2, 0.25) is 0 Å². The average Bonchev–Trinajstić information content (AvgIpc) is 2.41. The Morgan fingerprint density at radius 1 is 1.15 bits per heavy atom. The smallest absolute Gasteiger partial charge is 0.255 e. The predicted molar refractivity (Wildman–Crippen MR) is 97.1 cm³/mol. The first-order valence-corrected chi connectivity index (χ1v) is 7.91. The Balaban J connectivity index is 2.19. The van der Waals surface area contributed by atoms with E-state index in [1.807, 2.05) is 12.1 Å². The molecule has 2 rings (SSSR count). The predicted octanol–water partition coefficient (Wildman–Crippen LogP) is 3.94. The highest BCUT2D eigenvalue weighted by molar-refractivity contribution is 14.1. The number of halogens is 2. The molecule has 102 valence electrons. The van der Waals surface area contributed by atoms with Crippen molar-refractivity contribution >= 4 is 67.3 Å². The molecule has 0 spiro atoms. The Kier molecular flexibility index (Phi) is 5.11. The molecular weight excluding hydrogens is 451 g/mol. The third-order valence-electron chi connectivity index (χ3n) is 2.61. The van der Waals surface area contributed by atoms with Crippen molar-refractivity contribution in [1.29, 1.82) is 0 Å². The standard InChI is InChI=1S/C14H10BrIN2OS/c15-11-7-9(13(17)20)3-6-12(11)18-14(19)8-1-4-10(16)5-2-8/h1-7H,(H2,17,20)(H,18,19). The van der Waals surface area contributed by atoms with E-state index in [4.69, 9.17) is 18.0 Å². The van der Waals surface area contributed by atoms with Gasteiger partial charge in [0.1, 0.15) is 4.99 Å². The van der Waals surface area contributed by atoms with Gasteiger partial charge in [-0.05, 0) is 81.0 Å². The molecule has 0 aromatic heterocycles. The van der Waals surface area contributed by atoms with Crippen molar-refractivity contribution in [3.63, 3.8) is 0 Å². The second-order valence-electron chi connectivity index (χ2n) is 4.02. The topological polar surface area (TPSA) is 55.1 Å². The van der Waals surface area contributed by atoms with Crippen LogP contribution in [0.4, 0.5) is 5.69 Å². The van der Waals surface area contributed by atoms with Gasteiger partial charge in [-0.15, -0.1) is 0 Å². The van der Waals surface area contributed by atoms with Crippen molar-refractivity contribution in [2.24, 2.45) is 5.73 Å². The number of hydrogen-bond donors (Lipinski definition) is 2. The number of carbonyl (C=O) groups is 1. The van der Waals surface area contributed by atoms with Crippen molar-refractivity contribution in [2.45, 2.75) is 0 Å². The molecule has 0 radical (unpaired) electrons. The Bertz CT molecular complexity index is 673. The zero-order valence-electron chi connectivity index (χ0n) is 10.2. The molecule has 3 nitrogen and oxygen atoms in total. The Hall–Kier alpha value is -0.990. The fourth-order valence-corrected chi connectivity index (χ4v) is 2.53. The van der Waals surface area contributed by atoms with Gasteiger partial charge in [0.25, 0.3) is 5.91 Å². The second kappa shape index (κ2) is 6.64. The molecule has 0 saturated carbocycles. The number of rotatable bonds is 3. The lowest BCUT2D eigenvalue weighted by Gasteiger charge is -2.09. The lowest BCUT2D eigenvalue weighted by molar-refractivity contribution is 0.102. The zero-order chi connectivity index (χ0) is 14.7. The van der Waals surface area contributed by atoms with Crippen LogP contribution in [0.3, 0.4) is 0 Å². The summed E-state index contributed by atoms with van der Waals surface area (Å²) in [5.41, 5.74) is 7.59. The third-order valence-corrected chi connectivity index (χ3v) is 4.22. The molecule has 3 N–H and O–H groups in total. The molecule has 0 saturated heterocycles. The summed E-state index contributed by atoms with van der Waals surface area (Å²) in [5, 5.41) is 2.84. The number of benzene rings is 2. The summed E-state index contributed by atoms with van der Waals surface area (Å²) >= 11 is 10.5. The number of anilines is 1. The number of carbonyl (C=O) groups excluding carboxylic acids is 1. The van der Waals surface area contributed by atoms with Gasteiger partial charge in [0.05, 0.1) is 5.69 Å². The normalized spacial score (nSPS) is 10.1. The van der Waals surface area contributed by atoms with Gasteiger partial charge in [-0.2, -0.15) is 0 Å². The van der Waals surface area contributed by atoms with E-state index >= 15 is 0 Å². The molecular formula is C14H10BrIN2OS. The molecule has 0 unspecified atom stereocenters. The highest BCUT2D eigenvalue weighted by atomic mass is 127. The highest BCUT2D eigenvalue weighted by Gasteiger charge is 2.09. The summed E-state index contributed by atoms with van der Waals surface area (Å²) in [7, 11) is 0. The Morgan fingerprint density at radius 3 is 2.30 bits per heavy atom. The van der Waals surface area contributed by atoms with Crippen molar-refractivity contribution in [3.8, 4) is 0 Å². The van der Waals surface area contributed by atoms with Crippen LogP contribution in [0.15, 0.2) is 46.9 Å². The van der Waals surface area contributed by atoms with E-state index in [0.29, 0.717) is 16.2 Å². The largest absolute Gasteiger partial charge is 0.389 e. The van der Waals surface area contributed by atoms with Crippen LogP contribution >= 0.6 is 50.7 Å². The van der Waals surface area contributed by atoms with Crippen molar-refractivity contribution in [2.75, 3.05) is 5.32 Å². The molecule has 0 aliphatic rings. The van der Waals surface area contributed by atoms with Crippen LogP contribution in [0.1, 0.15) is 15.9 Å². The summed E-state index contributed by atoms with van der Waals surface area (Å²) in [5.74, 6) is -0.162. The zero-order valence-corrected chi connectivity index (χ0v) is 14.8. The lowest BCUT2D eigenvalue weighted by Crippen LogP contribution is -2.13. The quantitative estimate of drug-likeness (QED) is 0.538. The molecule has 2 aromatic carbocycles. The van der Waals surface area contributed by atoms with E-state index in [9.17, 15) is 4.79 Å². The van der Waals surface area contributed by atoms with E-state index in [2.05, 4.69) is 43.8 Å². The lowest BCUT2D eigenvalue weighted by atomic mass is 10.2. The van der Waals surface area contributed by atoms with Crippen LogP contribution in [0.5, 0.6) is 0 Å². The molecule has 0 aliphatic carbocycles. The molecule has 6 heteroatoms. The van der Waals surface area contributed by atoms with Gasteiger partial charge in [0, 0.05) is 19.2 Å². The molecule has 0 fully saturated rings. The van der Waals surface area contributed by atoms with Crippen LogP contribution in [-0.4, -0.2) is 10.9 Å². The van der Waals surface area contributed by atoms with Gasteiger partial charge in [-0.3, -0.25) is 4.79 Å². The fraction of sp³-hybridized carbons (Fsp3) is 0. The summed E-state index contributed by atoms with van der Waals surface area (Å²) in [6.07, 6.45) is 0. The van der Waals surface area contributed by atoms with E-state index in [0.717, 1.165) is 13.6 Å². The summed E-state index contributed by atoms with van der Waals surface area (Å²) in [6, 6.07) is 12.7. The summed E-state index contributed by atoms with van der Waals surface area (Å²) in [4.78, 5) is 12.4. The fourth-order valence-electron chi connectivity index (χ4n) is 1.57. The van der Waals surface area contributed by atoms with E-state index in [1.54, 1.807) is 30.3 Å². The number of thiocarbonyl (C=S) groups is 1. The number of amides is 1. The van der Waals surface area contributed by atoms with Gasteiger partial charge in [-0.25, -0.2) is 0 Å². The Morgan fingerprint density at radius 2 is 1.75 bits per heavy atom. The molecule has 0 aliphatic heterocycles. The van der Waals surface area contributed by atoms with Crippen LogP contribution in [0.2, 0.25) is 0 Å². The number of nitrogens with one attached hydrogen (secondary N) is 1. The van der Waals surface area contributed by atoms with Gasteiger partial charge in [0.15, 0.2) is 0 Å². The number of nitrogens with two attached hydrogens (primary N) is 1. The van der Waals surface area contributed by atoms with Crippen LogP contribution in [0.25, 0.3) is 0 Å². The first kappa shape index (κ1) is 15.4. The Labute approximate surface area is 144 Å². The molecule has 20 heavy (non-hydrogen) atoms. The molecule has 1 amide bonds.